The molecule has 2 aromatic carbocycles. The second kappa shape index (κ2) is 7.17. The summed E-state index contributed by atoms with van der Waals surface area (Å²) in [6.45, 7) is 11.5. The molecule has 0 radical (unpaired) electrons. The summed E-state index contributed by atoms with van der Waals surface area (Å²) in [5, 5.41) is 9.55. The maximum absolute atomic E-state index is 12.8. The Morgan fingerprint density at radius 3 is 2.07 bits per heavy atom. The molecule has 1 aliphatic rings. The number of anilines is 1. The molecule has 0 aliphatic carbocycles. The van der Waals surface area contributed by atoms with E-state index in [0.717, 1.165) is 5.56 Å². The van der Waals surface area contributed by atoms with Crippen LogP contribution in [-0.2, 0) is 19.3 Å². The molecule has 8 heteroatoms. The Morgan fingerprint density at radius 1 is 1.00 bits per heavy atom. The van der Waals surface area contributed by atoms with E-state index in [4.69, 9.17) is 9.31 Å². The number of sulfonamides is 1. The van der Waals surface area contributed by atoms with E-state index in [2.05, 4.69) is 10.8 Å². The first-order chi connectivity index (χ1) is 13.4. The van der Waals surface area contributed by atoms with Crippen LogP contribution in [0.2, 0.25) is 0 Å². The summed E-state index contributed by atoms with van der Waals surface area (Å²) in [5.41, 5.74) is 1.85. The molecule has 0 saturated carbocycles. The van der Waals surface area contributed by atoms with E-state index < -0.39 is 28.3 Å². The molecule has 0 unspecified atom stereocenters. The van der Waals surface area contributed by atoms with Crippen molar-refractivity contribution in [2.45, 2.75) is 57.6 Å². The van der Waals surface area contributed by atoms with Crippen molar-refractivity contribution in [3.8, 4) is 6.07 Å². The van der Waals surface area contributed by atoms with Crippen molar-refractivity contribution in [2.24, 2.45) is 0 Å². The van der Waals surface area contributed by atoms with Crippen LogP contribution < -0.4 is 10.2 Å². The summed E-state index contributed by atoms with van der Waals surface area (Å²) in [7, 11) is -4.49. The van der Waals surface area contributed by atoms with Gasteiger partial charge in [0.2, 0.25) is 0 Å². The lowest BCUT2D eigenvalue weighted by molar-refractivity contribution is 0.00578. The Bertz CT molecular complexity index is 1070. The van der Waals surface area contributed by atoms with Crippen LogP contribution in [0.4, 0.5) is 5.69 Å². The summed E-state index contributed by atoms with van der Waals surface area (Å²) < 4.78 is 40.3. The lowest BCUT2D eigenvalue weighted by Gasteiger charge is -2.32. The maximum Gasteiger partial charge on any atom is 0.495 e. The second-order valence-corrected chi connectivity index (χ2v) is 10.0. The third-order valence-corrected chi connectivity index (χ3v) is 7.06. The Morgan fingerprint density at radius 2 is 1.55 bits per heavy atom. The molecule has 2 aromatic rings. The molecule has 1 fully saturated rings. The smallest absolute Gasteiger partial charge is 0.399 e. The Kier molecular flexibility index (Phi) is 5.28. The third kappa shape index (κ3) is 4.04. The van der Waals surface area contributed by atoms with Crippen LogP contribution in [0.15, 0.2) is 41.3 Å². The zero-order valence-corrected chi connectivity index (χ0v) is 18.3. The van der Waals surface area contributed by atoms with Gasteiger partial charge >= 0.3 is 7.12 Å². The summed E-state index contributed by atoms with van der Waals surface area (Å²) in [5.74, 6) is 0. The Hall–Kier alpha value is -2.34. The molecule has 6 nitrogen and oxygen atoms in total. The Balaban J connectivity index is 2.01. The fourth-order valence-corrected chi connectivity index (χ4v) is 4.10. The maximum atomic E-state index is 12.8. The highest BCUT2D eigenvalue weighted by molar-refractivity contribution is 7.92. The van der Waals surface area contributed by atoms with Crippen LogP contribution >= 0.6 is 0 Å². The molecule has 29 heavy (non-hydrogen) atoms. The van der Waals surface area contributed by atoms with Gasteiger partial charge in [-0.2, -0.15) is 5.26 Å². The first kappa shape index (κ1) is 21.4. The molecule has 0 bridgehead atoms. The van der Waals surface area contributed by atoms with Crippen molar-refractivity contribution >= 4 is 28.3 Å². The molecule has 0 spiro atoms. The van der Waals surface area contributed by atoms with Gasteiger partial charge in [0, 0.05) is 5.69 Å². The van der Waals surface area contributed by atoms with E-state index in [9.17, 15) is 13.7 Å². The molecular weight excluding hydrogens is 387 g/mol. The topological polar surface area (TPSA) is 88.4 Å². The second-order valence-electron chi connectivity index (χ2n) is 8.36. The molecule has 1 N–H and O–H groups in total. The predicted molar refractivity (Wildman–Crippen MR) is 114 cm³/mol. The average molecular weight is 412 g/mol. The number of nitriles is 1. The van der Waals surface area contributed by atoms with Gasteiger partial charge in [0.15, 0.2) is 0 Å². The fourth-order valence-electron chi connectivity index (χ4n) is 3.06. The molecule has 152 valence electrons. The highest BCUT2D eigenvalue weighted by atomic mass is 32.2. The SMILES string of the molecule is Cc1ccc(S(=O)(=O)Nc2cc(C#N)c(C)c(B3OC(C)(C)C(C)(C)O3)c2)cc1. The first-order valence-corrected chi connectivity index (χ1v) is 10.8. The predicted octanol–water partition coefficient (Wildman–Crippen LogP) is 3.28. The van der Waals surface area contributed by atoms with E-state index in [0.29, 0.717) is 16.6 Å². The van der Waals surface area contributed by atoms with E-state index in [1.807, 2.05) is 34.6 Å². The van der Waals surface area contributed by atoms with Crippen molar-refractivity contribution < 1.29 is 17.7 Å². The monoisotopic (exact) mass is 412 g/mol. The molecule has 1 heterocycles. The standard InChI is InChI=1S/C21H25BN2O4S/c1-14-7-9-18(10-8-14)29(25,26)24-17-11-16(13-23)15(2)19(12-17)22-27-20(3,4)21(5,6)28-22/h7-12,24H,1-6H3. The van der Waals surface area contributed by atoms with Gasteiger partial charge in [0.25, 0.3) is 10.0 Å². The number of hydrogen-bond acceptors (Lipinski definition) is 5. The minimum absolute atomic E-state index is 0.152. The van der Waals surface area contributed by atoms with Crippen LogP contribution in [0, 0.1) is 25.2 Å². The number of nitrogens with zero attached hydrogens (tertiary/aromatic N) is 1. The van der Waals surface area contributed by atoms with Gasteiger partial charge in [-0.15, -0.1) is 0 Å². The lowest BCUT2D eigenvalue weighted by atomic mass is 9.75. The van der Waals surface area contributed by atoms with E-state index in [-0.39, 0.29) is 10.6 Å². The van der Waals surface area contributed by atoms with Gasteiger partial charge in [-0.25, -0.2) is 8.42 Å². The van der Waals surface area contributed by atoms with Crippen LogP contribution in [0.25, 0.3) is 0 Å². The van der Waals surface area contributed by atoms with Crippen molar-refractivity contribution in [2.75, 3.05) is 4.72 Å². The number of rotatable bonds is 4. The zero-order valence-electron chi connectivity index (χ0n) is 17.5. The Labute approximate surface area is 173 Å². The van der Waals surface area contributed by atoms with Crippen molar-refractivity contribution in [1.29, 1.82) is 5.26 Å². The molecule has 1 aliphatic heterocycles. The van der Waals surface area contributed by atoms with Crippen molar-refractivity contribution in [3.05, 3.63) is 53.1 Å². The quantitative estimate of drug-likeness (QED) is 0.779. The molecular formula is C21H25BN2O4S. The molecule has 0 aromatic heterocycles. The van der Waals surface area contributed by atoms with Crippen LogP contribution in [0.5, 0.6) is 0 Å². The summed E-state index contributed by atoms with van der Waals surface area (Å²) in [6.07, 6.45) is 0. The van der Waals surface area contributed by atoms with Crippen LogP contribution in [0.3, 0.4) is 0 Å². The number of aryl methyl sites for hydroxylation is 1. The average Bonchev–Trinajstić information content (AvgIpc) is 2.84. The molecule has 0 amide bonds. The first-order valence-electron chi connectivity index (χ1n) is 9.36. The molecule has 1 saturated heterocycles. The van der Waals surface area contributed by atoms with Crippen LogP contribution in [-0.4, -0.2) is 26.7 Å². The van der Waals surface area contributed by atoms with E-state index in [1.54, 1.807) is 37.3 Å². The van der Waals surface area contributed by atoms with Gasteiger partial charge < -0.3 is 9.31 Å². The van der Waals surface area contributed by atoms with Gasteiger partial charge in [-0.3, -0.25) is 4.72 Å². The van der Waals surface area contributed by atoms with Gasteiger partial charge in [-0.1, -0.05) is 17.7 Å². The molecule has 0 atom stereocenters. The van der Waals surface area contributed by atoms with Crippen molar-refractivity contribution in [1.82, 2.24) is 0 Å². The fraction of sp³-hybridized carbons (Fsp3) is 0.381. The van der Waals surface area contributed by atoms with Gasteiger partial charge in [-0.05, 0) is 76.8 Å². The zero-order chi connectivity index (χ0) is 21.6. The van der Waals surface area contributed by atoms with Crippen LogP contribution in [0.1, 0.15) is 44.4 Å². The highest BCUT2D eigenvalue weighted by Gasteiger charge is 2.52. The van der Waals surface area contributed by atoms with Gasteiger partial charge in [0.05, 0.1) is 27.7 Å². The number of nitrogens with one attached hydrogen (secondary N) is 1. The number of hydrogen-bond donors (Lipinski definition) is 1. The minimum Gasteiger partial charge on any atom is -0.399 e. The minimum atomic E-state index is -3.79. The number of benzene rings is 2. The van der Waals surface area contributed by atoms with E-state index in [1.165, 1.54) is 6.07 Å². The lowest BCUT2D eigenvalue weighted by Crippen LogP contribution is -2.41. The summed E-state index contributed by atoms with van der Waals surface area (Å²) >= 11 is 0. The summed E-state index contributed by atoms with van der Waals surface area (Å²) in [4.78, 5) is 0.152. The van der Waals surface area contributed by atoms with Crippen molar-refractivity contribution in [3.63, 3.8) is 0 Å². The largest absolute Gasteiger partial charge is 0.495 e. The highest BCUT2D eigenvalue weighted by Crippen LogP contribution is 2.37. The summed E-state index contributed by atoms with van der Waals surface area (Å²) in [6, 6.07) is 11.9. The van der Waals surface area contributed by atoms with Gasteiger partial charge in [0.1, 0.15) is 0 Å². The third-order valence-electron chi connectivity index (χ3n) is 5.66. The normalized spacial score (nSPS) is 17.8. The van der Waals surface area contributed by atoms with E-state index >= 15 is 0 Å². The molecule has 3 rings (SSSR count).